The van der Waals surface area contributed by atoms with E-state index in [-0.39, 0.29) is 0 Å². The predicted molar refractivity (Wildman–Crippen MR) is 68.2 cm³/mol. The normalized spacial score (nSPS) is 19.2. The molecule has 0 amide bonds. The molecule has 1 aliphatic rings. The first kappa shape index (κ1) is 10.6. The first-order valence-electron chi connectivity index (χ1n) is 5.17. The maximum atomic E-state index is 3.51. The second kappa shape index (κ2) is 4.33. The molecule has 0 radical (unpaired) electrons. The maximum Gasteiger partial charge on any atom is 0.162 e. The lowest BCUT2D eigenvalue weighted by atomic mass is 10.3. The summed E-state index contributed by atoms with van der Waals surface area (Å²) in [6, 6.07) is 8.43. The highest BCUT2D eigenvalue weighted by Crippen LogP contribution is 2.38. The van der Waals surface area contributed by atoms with Gasteiger partial charge in [0.05, 0.1) is 11.4 Å². The van der Waals surface area contributed by atoms with Gasteiger partial charge in [0.25, 0.3) is 0 Å². The van der Waals surface area contributed by atoms with Crippen LogP contribution in [-0.2, 0) is 0 Å². The van der Waals surface area contributed by atoms with Gasteiger partial charge in [0.1, 0.15) is 0 Å². The summed E-state index contributed by atoms with van der Waals surface area (Å²) in [5, 5.41) is 7.93. The molecule has 0 aliphatic carbocycles. The van der Waals surface area contributed by atoms with Crippen molar-refractivity contribution in [2.75, 3.05) is 30.2 Å². The largest absolute Gasteiger partial charge is 0.354 e. The summed E-state index contributed by atoms with van der Waals surface area (Å²) in [6.07, 6.45) is 0. The Hall–Kier alpha value is -0.870. The van der Waals surface area contributed by atoms with Gasteiger partial charge in [-0.2, -0.15) is 0 Å². The van der Waals surface area contributed by atoms with Crippen LogP contribution in [0.4, 0.5) is 11.4 Å². The minimum absolute atomic E-state index is 0.322. The highest BCUT2D eigenvalue weighted by Gasteiger charge is 2.29. The number of hydrogen-bond acceptors (Lipinski definition) is 4. The topological polar surface area (TPSA) is 18.5 Å². The zero-order valence-electron chi connectivity index (χ0n) is 9.40. The number of anilines is 2. The lowest BCUT2D eigenvalue weighted by molar-refractivity contribution is 0.376. The fourth-order valence-electron chi connectivity index (χ4n) is 1.81. The molecule has 0 saturated heterocycles. The number of nitrogens with one attached hydrogen (secondary N) is 1. The molecule has 0 bridgehead atoms. The third-order valence-electron chi connectivity index (χ3n) is 2.41. The van der Waals surface area contributed by atoms with Gasteiger partial charge in [-0.25, -0.2) is 5.01 Å². The van der Waals surface area contributed by atoms with E-state index in [1.54, 1.807) is 0 Å². The Morgan fingerprint density at radius 3 is 2.80 bits per heavy atom. The van der Waals surface area contributed by atoms with E-state index in [1.165, 1.54) is 11.4 Å². The zero-order chi connectivity index (χ0) is 10.8. The summed E-state index contributed by atoms with van der Waals surface area (Å²) in [4.78, 5) is 0. The van der Waals surface area contributed by atoms with E-state index in [9.17, 15) is 0 Å². The second-order valence-corrected chi connectivity index (χ2v) is 5.02. The monoisotopic (exact) mass is 223 g/mol. The van der Waals surface area contributed by atoms with Gasteiger partial charge in [0.2, 0.25) is 0 Å². The molecule has 1 N–H and O–H groups in total. The smallest absolute Gasteiger partial charge is 0.162 e. The number of fused-ring (bicyclic) bond motifs is 1. The molecular formula is C11H17N3S. The number of hydrazine groups is 1. The summed E-state index contributed by atoms with van der Waals surface area (Å²) < 4.78 is 0. The Balaban J connectivity index is 2.29. The summed E-state index contributed by atoms with van der Waals surface area (Å²) in [5.41, 5.74) is 2.80. The van der Waals surface area contributed by atoms with Crippen LogP contribution in [0.2, 0.25) is 0 Å². The van der Waals surface area contributed by atoms with Crippen LogP contribution in [0, 0.1) is 0 Å². The lowest BCUT2D eigenvalue weighted by Crippen LogP contribution is -2.43. The Bertz CT molecular complexity index is 340. The van der Waals surface area contributed by atoms with Crippen molar-refractivity contribution < 1.29 is 0 Å². The zero-order valence-corrected chi connectivity index (χ0v) is 10.2. The summed E-state index contributed by atoms with van der Waals surface area (Å²) in [7, 11) is 4.15. The molecule has 3 nitrogen and oxygen atoms in total. The molecular weight excluding hydrogens is 206 g/mol. The van der Waals surface area contributed by atoms with Crippen molar-refractivity contribution in [1.82, 2.24) is 5.01 Å². The Kier molecular flexibility index (Phi) is 3.07. The Labute approximate surface area is 95.4 Å². The molecule has 4 heteroatoms. The fourth-order valence-corrected chi connectivity index (χ4v) is 2.78. The molecule has 1 aliphatic heterocycles. The van der Waals surface area contributed by atoms with Gasteiger partial charge in [0, 0.05) is 14.1 Å². The average Bonchev–Trinajstić information content (AvgIpc) is 2.56. The number of rotatable bonds is 3. The fraction of sp³-hybridized carbons (Fsp3) is 0.455. The van der Waals surface area contributed by atoms with E-state index >= 15 is 0 Å². The Morgan fingerprint density at radius 2 is 2.13 bits per heavy atom. The number of hydrogen-bond donors (Lipinski definition) is 1. The number of benzene rings is 1. The van der Waals surface area contributed by atoms with Gasteiger partial charge in [-0.1, -0.05) is 19.1 Å². The van der Waals surface area contributed by atoms with Crippen LogP contribution in [-0.4, -0.2) is 30.4 Å². The molecule has 1 atom stereocenters. The van der Waals surface area contributed by atoms with Crippen LogP contribution in [0.3, 0.4) is 0 Å². The SMILES string of the molecule is CCSC1Nc2ccccc2N1N(C)C. The van der Waals surface area contributed by atoms with Crippen LogP contribution in [0.1, 0.15) is 6.92 Å². The van der Waals surface area contributed by atoms with Crippen molar-refractivity contribution >= 4 is 23.1 Å². The van der Waals surface area contributed by atoms with Crippen molar-refractivity contribution in [2.24, 2.45) is 0 Å². The minimum atomic E-state index is 0.322. The van der Waals surface area contributed by atoms with Gasteiger partial charge in [-0.15, -0.1) is 11.8 Å². The number of para-hydroxylation sites is 2. The number of thioether (sulfide) groups is 1. The Morgan fingerprint density at radius 1 is 1.40 bits per heavy atom. The van der Waals surface area contributed by atoms with Crippen LogP contribution in [0.5, 0.6) is 0 Å². The lowest BCUT2D eigenvalue weighted by Gasteiger charge is -2.31. The minimum Gasteiger partial charge on any atom is -0.354 e. The van der Waals surface area contributed by atoms with Crippen LogP contribution >= 0.6 is 11.8 Å². The van der Waals surface area contributed by atoms with Crippen molar-refractivity contribution in [2.45, 2.75) is 12.4 Å². The first-order valence-corrected chi connectivity index (χ1v) is 6.22. The summed E-state index contributed by atoms with van der Waals surface area (Å²) in [6.45, 7) is 2.18. The molecule has 82 valence electrons. The molecule has 1 unspecified atom stereocenters. The van der Waals surface area contributed by atoms with E-state index in [0.717, 1.165) is 5.75 Å². The van der Waals surface area contributed by atoms with Crippen LogP contribution in [0.25, 0.3) is 0 Å². The maximum absolute atomic E-state index is 3.51. The van der Waals surface area contributed by atoms with Gasteiger partial charge < -0.3 is 5.32 Å². The highest BCUT2D eigenvalue weighted by atomic mass is 32.2. The average molecular weight is 223 g/mol. The van der Waals surface area contributed by atoms with E-state index in [1.807, 2.05) is 11.8 Å². The van der Waals surface area contributed by atoms with E-state index in [0.29, 0.717) is 5.50 Å². The van der Waals surface area contributed by atoms with Crippen molar-refractivity contribution in [3.8, 4) is 0 Å². The van der Waals surface area contributed by atoms with Crippen LogP contribution in [0.15, 0.2) is 24.3 Å². The third kappa shape index (κ3) is 1.92. The molecule has 0 spiro atoms. The van der Waals surface area contributed by atoms with Gasteiger partial charge in [-0.3, -0.25) is 5.01 Å². The van der Waals surface area contributed by atoms with Crippen LogP contribution < -0.4 is 10.3 Å². The molecule has 0 fully saturated rings. The molecule has 0 aromatic heterocycles. The molecule has 1 aromatic rings. The molecule has 1 heterocycles. The van der Waals surface area contributed by atoms with Crippen molar-refractivity contribution in [3.05, 3.63) is 24.3 Å². The van der Waals surface area contributed by atoms with E-state index < -0.39 is 0 Å². The van der Waals surface area contributed by atoms with Gasteiger partial charge >= 0.3 is 0 Å². The molecule has 15 heavy (non-hydrogen) atoms. The molecule has 0 saturated carbocycles. The quantitative estimate of drug-likeness (QED) is 0.848. The van der Waals surface area contributed by atoms with Crippen molar-refractivity contribution in [3.63, 3.8) is 0 Å². The standard InChI is InChI=1S/C11H17N3S/c1-4-15-11-12-9-7-5-6-8-10(9)14(11)13(2)3/h5-8,11-12H,4H2,1-3H3. The molecule has 1 aromatic carbocycles. The van der Waals surface area contributed by atoms with Gasteiger partial charge in [0.15, 0.2) is 5.50 Å². The summed E-state index contributed by atoms with van der Waals surface area (Å²) >= 11 is 1.91. The number of nitrogens with zero attached hydrogens (tertiary/aromatic N) is 2. The van der Waals surface area contributed by atoms with Gasteiger partial charge in [-0.05, 0) is 17.9 Å². The van der Waals surface area contributed by atoms with E-state index in [2.05, 4.69) is 60.6 Å². The molecule has 2 rings (SSSR count). The summed E-state index contributed by atoms with van der Waals surface area (Å²) in [5.74, 6) is 1.11. The third-order valence-corrected chi connectivity index (χ3v) is 3.37. The second-order valence-electron chi connectivity index (χ2n) is 3.66. The van der Waals surface area contributed by atoms with E-state index in [4.69, 9.17) is 0 Å². The highest BCUT2D eigenvalue weighted by molar-refractivity contribution is 8.00. The predicted octanol–water partition coefficient (Wildman–Crippen LogP) is 2.43. The first-order chi connectivity index (χ1) is 7.24. The van der Waals surface area contributed by atoms with Crippen molar-refractivity contribution in [1.29, 1.82) is 0 Å².